The first kappa shape index (κ1) is 11.9. The Bertz CT molecular complexity index is 373. The standard InChI is InChI=1S/C12H20ClN3/c1-8-10(12(13)16(3)15-8)7-9-5-4-6-11(9)14-2/h9,11,14H,4-7H2,1-3H3. The lowest BCUT2D eigenvalue weighted by Gasteiger charge is -2.18. The Morgan fingerprint density at radius 3 is 2.81 bits per heavy atom. The third-order valence-electron chi connectivity index (χ3n) is 3.77. The summed E-state index contributed by atoms with van der Waals surface area (Å²) < 4.78 is 1.77. The summed E-state index contributed by atoms with van der Waals surface area (Å²) in [6.45, 7) is 2.05. The molecule has 1 heterocycles. The lowest BCUT2D eigenvalue weighted by Crippen LogP contribution is -2.30. The fraction of sp³-hybridized carbons (Fsp3) is 0.750. The van der Waals surface area contributed by atoms with Crippen molar-refractivity contribution in [2.45, 2.75) is 38.6 Å². The third-order valence-corrected chi connectivity index (χ3v) is 4.24. The summed E-state index contributed by atoms with van der Waals surface area (Å²) in [5, 5.41) is 8.58. The quantitative estimate of drug-likeness (QED) is 0.880. The number of hydrogen-bond acceptors (Lipinski definition) is 2. The summed E-state index contributed by atoms with van der Waals surface area (Å²) in [5.41, 5.74) is 2.31. The molecule has 0 radical (unpaired) electrons. The van der Waals surface area contributed by atoms with Gasteiger partial charge in [-0.3, -0.25) is 4.68 Å². The summed E-state index contributed by atoms with van der Waals surface area (Å²) >= 11 is 6.26. The van der Waals surface area contributed by atoms with E-state index in [2.05, 4.69) is 17.5 Å². The minimum absolute atomic E-state index is 0.649. The van der Waals surface area contributed by atoms with E-state index in [4.69, 9.17) is 11.6 Å². The van der Waals surface area contributed by atoms with Gasteiger partial charge in [0.2, 0.25) is 0 Å². The number of nitrogens with one attached hydrogen (secondary N) is 1. The maximum atomic E-state index is 6.26. The van der Waals surface area contributed by atoms with Crippen molar-refractivity contribution in [1.29, 1.82) is 0 Å². The number of nitrogens with zero attached hydrogens (tertiary/aromatic N) is 2. The van der Waals surface area contributed by atoms with Gasteiger partial charge in [-0.1, -0.05) is 18.0 Å². The molecule has 1 aliphatic rings. The van der Waals surface area contributed by atoms with E-state index in [1.165, 1.54) is 24.8 Å². The molecular formula is C12H20ClN3. The molecule has 3 nitrogen and oxygen atoms in total. The second-order valence-electron chi connectivity index (χ2n) is 4.77. The van der Waals surface area contributed by atoms with Gasteiger partial charge in [-0.15, -0.1) is 0 Å². The van der Waals surface area contributed by atoms with E-state index in [0.29, 0.717) is 12.0 Å². The Kier molecular flexibility index (Phi) is 3.55. The first-order chi connectivity index (χ1) is 7.63. The van der Waals surface area contributed by atoms with Crippen molar-refractivity contribution >= 4 is 11.6 Å². The first-order valence-electron chi connectivity index (χ1n) is 5.98. The number of rotatable bonds is 3. The molecular weight excluding hydrogens is 222 g/mol. The van der Waals surface area contributed by atoms with Crippen LogP contribution >= 0.6 is 11.6 Å². The normalized spacial score (nSPS) is 25.2. The molecule has 16 heavy (non-hydrogen) atoms. The Labute approximate surface area is 102 Å². The number of hydrogen-bond donors (Lipinski definition) is 1. The molecule has 2 rings (SSSR count). The molecule has 1 aliphatic carbocycles. The topological polar surface area (TPSA) is 29.9 Å². The van der Waals surface area contributed by atoms with E-state index in [1.807, 2.05) is 14.0 Å². The van der Waals surface area contributed by atoms with Crippen LogP contribution in [0.15, 0.2) is 0 Å². The van der Waals surface area contributed by atoms with Gasteiger partial charge in [-0.05, 0) is 39.2 Å². The predicted octanol–water partition coefficient (Wildman–Crippen LogP) is 2.31. The zero-order valence-corrected chi connectivity index (χ0v) is 11.0. The van der Waals surface area contributed by atoms with Crippen LogP contribution in [0.3, 0.4) is 0 Å². The van der Waals surface area contributed by atoms with E-state index >= 15 is 0 Å². The molecule has 4 heteroatoms. The Balaban J connectivity index is 2.14. The van der Waals surface area contributed by atoms with Crippen LogP contribution in [0.25, 0.3) is 0 Å². The van der Waals surface area contributed by atoms with Crippen LogP contribution in [-0.2, 0) is 13.5 Å². The average molecular weight is 242 g/mol. The van der Waals surface area contributed by atoms with Crippen LogP contribution in [0.5, 0.6) is 0 Å². The minimum Gasteiger partial charge on any atom is -0.317 e. The second kappa shape index (κ2) is 4.76. The zero-order valence-electron chi connectivity index (χ0n) is 10.3. The first-order valence-corrected chi connectivity index (χ1v) is 6.36. The fourth-order valence-electron chi connectivity index (χ4n) is 2.83. The third kappa shape index (κ3) is 2.11. The molecule has 0 amide bonds. The summed E-state index contributed by atoms with van der Waals surface area (Å²) in [5.74, 6) is 0.713. The molecule has 2 unspecified atom stereocenters. The SMILES string of the molecule is CNC1CCCC1Cc1c(C)nn(C)c1Cl. The molecule has 1 N–H and O–H groups in total. The highest BCUT2D eigenvalue weighted by Gasteiger charge is 2.27. The molecule has 1 saturated carbocycles. The van der Waals surface area contributed by atoms with Crippen molar-refractivity contribution in [1.82, 2.24) is 15.1 Å². The summed E-state index contributed by atoms with van der Waals surface area (Å²) in [6.07, 6.45) is 4.98. The van der Waals surface area contributed by atoms with Gasteiger partial charge in [-0.25, -0.2) is 0 Å². The molecule has 1 fully saturated rings. The van der Waals surface area contributed by atoms with Crippen molar-refractivity contribution in [3.8, 4) is 0 Å². The molecule has 2 atom stereocenters. The molecule has 0 spiro atoms. The van der Waals surface area contributed by atoms with Gasteiger partial charge in [0.15, 0.2) is 0 Å². The molecule has 0 bridgehead atoms. The van der Waals surface area contributed by atoms with Gasteiger partial charge in [0.1, 0.15) is 5.15 Å². The van der Waals surface area contributed by atoms with Crippen molar-refractivity contribution in [3.63, 3.8) is 0 Å². The van der Waals surface area contributed by atoms with Gasteiger partial charge in [0.25, 0.3) is 0 Å². The van der Waals surface area contributed by atoms with E-state index in [-0.39, 0.29) is 0 Å². The molecule has 1 aromatic heterocycles. The number of aromatic nitrogens is 2. The Morgan fingerprint density at radius 2 is 2.25 bits per heavy atom. The Hall–Kier alpha value is -0.540. The minimum atomic E-state index is 0.649. The van der Waals surface area contributed by atoms with E-state index in [1.54, 1.807) is 4.68 Å². The largest absolute Gasteiger partial charge is 0.317 e. The van der Waals surface area contributed by atoms with Crippen LogP contribution < -0.4 is 5.32 Å². The highest BCUT2D eigenvalue weighted by Crippen LogP contribution is 2.31. The van der Waals surface area contributed by atoms with Gasteiger partial charge in [-0.2, -0.15) is 5.10 Å². The predicted molar refractivity (Wildman–Crippen MR) is 66.8 cm³/mol. The van der Waals surface area contributed by atoms with Crippen LogP contribution in [0.4, 0.5) is 0 Å². The molecule has 1 aromatic rings. The highest BCUT2D eigenvalue weighted by molar-refractivity contribution is 6.30. The average Bonchev–Trinajstić information content (AvgIpc) is 2.79. The van der Waals surface area contributed by atoms with Crippen LogP contribution in [-0.4, -0.2) is 22.9 Å². The molecule has 0 aliphatic heterocycles. The van der Waals surface area contributed by atoms with Crippen molar-refractivity contribution < 1.29 is 0 Å². The van der Waals surface area contributed by atoms with Gasteiger partial charge < -0.3 is 5.32 Å². The van der Waals surface area contributed by atoms with Crippen molar-refractivity contribution in [3.05, 3.63) is 16.4 Å². The number of halogens is 1. The van der Waals surface area contributed by atoms with E-state index < -0.39 is 0 Å². The maximum Gasteiger partial charge on any atom is 0.130 e. The number of aryl methyl sites for hydroxylation is 2. The van der Waals surface area contributed by atoms with Crippen molar-refractivity contribution in [2.24, 2.45) is 13.0 Å². The zero-order chi connectivity index (χ0) is 11.7. The smallest absolute Gasteiger partial charge is 0.130 e. The molecule has 90 valence electrons. The van der Waals surface area contributed by atoms with Gasteiger partial charge >= 0.3 is 0 Å². The van der Waals surface area contributed by atoms with E-state index in [9.17, 15) is 0 Å². The molecule has 0 saturated heterocycles. The summed E-state index contributed by atoms with van der Waals surface area (Å²) in [4.78, 5) is 0. The monoisotopic (exact) mass is 241 g/mol. The highest BCUT2D eigenvalue weighted by atomic mass is 35.5. The summed E-state index contributed by atoms with van der Waals surface area (Å²) in [6, 6.07) is 0.649. The van der Waals surface area contributed by atoms with Crippen LogP contribution in [0.1, 0.15) is 30.5 Å². The lowest BCUT2D eigenvalue weighted by atomic mass is 9.95. The van der Waals surface area contributed by atoms with Crippen LogP contribution in [0, 0.1) is 12.8 Å². The van der Waals surface area contributed by atoms with Crippen LogP contribution in [0.2, 0.25) is 5.15 Å². The summed E-state index contributed by atoms with van der Waals surface area (Å²) in [7, 11) is 3.96. The maximum absolute atomic E-state index is 6.26. The van der Waals surface area contributed by atoms with Gasteiger partial charge in [0.05, 0.1) is 5.69 Å². The van der Waals surface area contributed by atoms with Gasteiger partial charge in [0, 0.05) is 18.7 Å². The molecule has 0 aromatic carbocycles. The van der Waals surface area contributed by atoms with E-state index in [0.717, 1.165) is 17.3 Å². The lowest BCUT2D eigenvalue weighted by molar-refractivity contribution is 0.423. The Morgan fingerprint density at radius 1 is 1.50 bits per heavy atom. The van der Waals surface area contributed by atoms with Crippen molar-refractivity contribution in [2.75, 3.05) is 7.05 Å². The second-order valence-corrected chi connectivity index (χ2v) is 5.13. The fourth-order valence-corrected chi connectivity index (χ4v) is 3.08.